The molecule has 2 heteroatoms. The van der Waals surface area contributed by atoms with E-state index in [0.717, 1.165) is 0 Å². The Hall–Kier alpha value is -0.790. The van der Waals surface area contributed by atoms with Crippen LogP contribution in [0.25, 0.3) is 0 Å². The van der Waals surface area contributed by atoms with Crippen molar-refractivity contribution in [3.63, 3.8) is 0 Å². The SMILES string of the molecule is CCCCCCCCCCCCCC(CCC)c1[nH]cc[n+]1C(C)CCCCCCCCCCC. The van der Waals surface area contributed by atoms with Crippen molar-refractivity contribution in [2.75, 3.05) is 0 Å². The van der Waals surface area contributed by atoms with E-state index in [1.54, 1.807) is 0 Å². The standard InChI is InChI=1S/C33H64N2/c1-5-8-10-12-14-16-17-19-21-23-25-28-32(26-7-3)33-34-29-30-35(33)31(4)27-24-22-20-18-15-13-11-9-6-2/h29-32H,5-28H2,1-4H3/p+1. The molecule has 0 aromatic carbocycles. The van der Waals surface area contributed by atoms with Gasteiger partial charge in [-0.3, -0.25) is 0 Å². The first-order valence-corrected chi connectivity index (χ1v) is 16.3. The van der Waals surface area contributed by atoms with Gasteiger partial charge in [0.25, 0.3) is 5.82 Å². The zero-order valence-electron chi connectivity index (χ0n) is 24.7. The fourth-order valence-electron chi connectivity index (χ4n) is 5.78. The van der Waals surface area contributed by atoms with Gasteiger partial charge in [0.05, 0.1) is 12.0 Å². The van der Waals surface area contributed by atoms with Gasteiger partial charge >= 0.3 is 0 Å². The quantitative estimate of drug-likeness (QED) is 0.0985. The van der Waals surface area contributed by atoms with Crippen molar-refractivity contribution in [3.8, 4) is 0 Å². The number of H-pyrrole nitrogens is 1. The summed E-state index contributed by atoms with van der Waals surface area (Å²) in [6, 6.07) is 0.623. The second kappa shape index (κ2) is 23.6. The summed E-state index contributed by atoms with van der Waals surface area (Å²) in [5.74, 6) is 2.21. The Kier molecular flexibility index (Phi) is 21.7. The third kappa shape index (κ3) is 16.6. The maximum absolute atomic E-state index is 3.66. The molecule has 2 atom stereocenters. The Balaban J connectivity index is 2.24. The number of nitrogens with one attached hydrogen (secondary N) is 1. The third-order valence-corrected chi connectivity index (χ3v) is 8.12. The number of imidazole rings is 1. The topological polar surface area (TPSA) is 19.7 Å². The molecule has 2 nitrogen and oxygen atoms in total. The molecule has 0 fully saturated rings. The van der Waals surface area contributed by atoms with E-state index in [2.05, 4.69) is 49.6 Å². The predicted octanol–water partition coefficient (Wildman–Crippen LogP) is 11.4. The smallest absolute Gasteiger partial charge is 0.247 e. The van der Waals surface area contributed by atoms with Crippen molar-refractivity contribution in [1.82, 2.24) is 4.98 Å². The summed E-state index contributed by atoms with van der Waals surface area (Å²) >= 11 is 0. The zero-order valence-corrected chi connectivity index (χ0v) is 24.7. The summed E-state index contributed by atoms with van der Waals surface area (Å²) in [7, 11) is 0. The Morgan fingerprint density at radius 2 is 0.971 bits per heavy atom. The summed E-state index contributed by atoms with van der Waals surface area (Å²) in [6.45, 7) is 9.40. The Labute approximate surface area is 221 Å². The average molecular weight is 490 g/mol. The molecule has 1 N–H and O–H groups in total. The molecule has 0 bridgehead atoms. The molecule has 1 heterocycles. The van der Waals surface area contributed by atoms with Crippen LogP contribution >= 0.6 is 0 Å². The molecule has 0 aliphatic carbocycles. The van der Waals surface area contributed by atoms with Crippen molar-refractivity contribution in [3.05, 3.63) is 18.2 Å². The molecule has 1 aromatic heterocycles. The summed E-state index contributed by atoms with van der Waals surface area (Å²) < 4.78 is 2.59. The van der Waals surface area contributed by atoms with Crippen LogP contribution in [-0.2, 0) is 0 Å². The van der Waals surface area contributed by atoms with Gasteiger partial charge in [0.1, 0.15) is 12.4 Å². The fourth-order valence-corrected chi connectivity index (χ4v) is 5.78. The lowest BCUT2D eigenvalue weighted by atomic mass is 9.94. The van der Waals surface area contributed by atoms with Crippen LogP contribution in [0.3, 0.4) is 0 Å². The van der Waals surface area contributed by atoms with Crippen LogP contribution in [0.4, 0.5) is 0 Å². The number of nitrogens with zero attached hydrogens (tertiary/aromatic N) is 1. The van der Waals surface area contributed by atoms with Crippen LogP contribution in [0.2, 0.25) is 0 Å². The first kappa shape index (κ1) is 32.2. The highest BCUT2D eigenvalue weighted by Crippen LogP contribution is 2.26. The van der Waals surface area contributed by atoms with E-state index in [0.29, 0.717) is 12.0 Å². The van der Waals surface area contributed by atoms with Gasteiger partial charge in [-0.05, 0) is 32.6 Å². The average Bonchev–Trinajstić information content (AvgIpc) is 3.35. The van der Waals surface area contributed by atoms with Crippen molar-refractivity contribution < 1.29 is 4.57 Å². The molecule has 0 aliphatic heterocycles. The van der Waals surface area contributed by atoms with Crippen LogP contribution in [0.1, 0.15) is 200 Å². The lowest BCUT2D eigenvalue weighted by Crippen LogP contribution is -2.41. The summed E-state index contributed by atoms with van der Waals surface area (Å²) in [5.41, 5.74) is 0. The highest BCUT2D eigenvalue weighted by molar-refractivity contribution is 4.90. The lowest BCUT2D eigenvalue weighted by molar-refractivity contribution is -0.727. The molecule has 0 aliphatic rings. The molecule has 0 saturated heterocycles. The van der Waals surface area contributed by atoms with Gasteiger partial charge in [-0.2, -0.15) is 0 Å². The van der Waals surface area contributed by atoms with Gasteiger partial charge in [-0.25, -0.2) is 9.55 Å². The van der Waals surface area contributed by atoms with Crippen LogP contribution in [0.15, 0.2) is 12.4 Å². The van der Waals surface area contributed by atoms with Crippen LogP contribution in [0.5, 0.6) is 0 Å². The van der Waals surface area contributed by atoms with E-state index in [-0.39, 0.29) is 0 Å². The Morgan fingerprint density at radius 1 is 0.543 bits per heavy atom. The first-order valence-electron chi connectivity index (χ1n) is 16.3. The minimum atomic E-state index is 0.623. The van der Waals surface area contributed by atoms with Gasteiger partial charge in [0.2, 0.25) is 0 Å². The monoisotopic (exact) mass is 490 g/mol. The molecule has 35 heavy (non-hydrogen) atoms. The van der Waals surface area contributed by atoms with Crippen LogP contribution in [-0.4, -0.2) is 4.98 Å². The van der Waals surface area contributed by atoms with Gasteiger partial charge < -0.3 is 0 Å². The van der Waals surface area contributed by atoms with Crippen molar-refractivity contribution in [2.24, 2.45) is 0 Å². The number of unbranched alkanes of at least 4 members (excludes halogenated alkanes) is 18. The Bertz CT molecular complexity index is 549. The summed E-state index contributed by atoms with van der Waals surface area (Å²) in [4.78, 5) is 3.66. The van der Waals surface area contributed by atoms with Gasteiger partial charge in [-0.15, -0.1) is 0 Å². The number of rotatable bonds is 26. The second-order valence-corrected chi connectivity index (χ2v) is 11.5. The van der Waals surface area contributed by atoms with Crippen LogP contribution in [0, 0.1) is 0 Å². The summed E-state index contributed by atoms with van der Waals surface area (Å²) in [5, 5.41) is 0. The van der Waals surface area contributed by atoms with Gasteiger partial charge in [0, 0.05) is 0 Å². The fraction of sp³-hybridized carbons (Fsp3) is 0.909. The minimum Gasteiger partial charge on any atom is -0.247 e. The Morgan fingerprint density at radius 3 is 1.43 bits per heavy atom. The van der Waals surface area contributed by atoms with E-state index in [4.69, 9.17) is 0 Å². The molecule has 206 valence electrons. The largest absolute Gasteiger partial charge is 0.257 e. The molecule has 1 rings (SSSR count). The van der Waals surface area contributed by atoms with E-state index in [1.165, 1.54) is 160 Å². The highest BCUT2D eigenvalue weighted by atomic mass is 15.1. The number of hydrogen-bond donors (Lipinski definition) is 1. The predicted molar refractivity (Wildman–Crippen MR) is 156 cm³/mol. The maximum Gasteiger partial charge on any atom is 0.257 e. The molecular weight excluding hydrogens is 424 g/mol. The van der Waals surface area contributed by atoms with Crippen LogP contribution < -0.4 is 4.57 Å². The molecule has 0 radical (unpaired) electrons. The third-order valence-electron chi connectivity index (χ3n) is 8.12. The van der Waals surface area contributed by atoms with Crippen molar-refractivity contribution >= 4 is 0 Å². The normalized spacial score (nSPS) is 13.4. The number of hydrogen-bond acceptors (Lipinski definition) is 0. The number of aromatic amines is 1. The molecular formula is C33H65N2+. The van der Waals surface area contributed by atoms with Gasteiger partial charge in [0.15, 0.2) is 0 Å². The van der Waals surface area contributed by atoms with E-state index in [1.807, 2.05) is 0 Å². The molecule has 0 saturated carbocycles. The molecule has 0 spiro atoms. The second-order valence-electron chi connectivity index (χ2n) is 11.5. The maximum atomic E-state index is 3.66. The van der Waals surface area contributed by atoms with Crippen molar-refractivity contribution in [1.29, 1.82) is 0 Å². The first-order chi connectivity index (χ1) is 17.2. The zero-order chi connectivity index (χ0) is 25.4. The van der Waals surface area contributed by atoms with E-state index in [9.17, 15) is 0 Å². The van der Waals surface area contributed by atoms with E-state index < -0.39 is 0 Å². The van der Waals surface area contributed by atoms with E-state index >= 15 is 0 Å². The lowest BCUT2D eigenvalue weighted by Gasteiger charge is -2.16. The molecule has 2 unspecified atom stereocenters. The number of aromatic nitrogens is 2. The molecule has 1 aromatic rings. The highest BCUT2D eigenvalue weighted by Gasteiger charge is 2.24. The summed E-state index contributed by atoms with van der Waals surface area (Å²) in [6.07, 6.45) is 38.4. The minimum absolute atomic E-state index is 0.623. The van der Waals surface area contributed by atoms with Gasteiger partial charge in [-0.1, -0.05) is 149 Å². The van der Waals surface area contributed by atoms with Crippen molar-refractivity contribution in [2.45, 2.75) is 194 Å². The molecule has 0 amide bonds.